The summed E-state index contributed by atoms with van der Waals surface area (Å²) in [5.41, 5.74) is 5.79. The SMILES string of the molecule is CCNC(=O)Nc1nc2cc(-c3cncc(C)c3)cc(-c3ccccn3)c2s1. The highest BCUT2D eigenvalue weighted by molar-refractivity contribution is 7.22. The highest BCUT2D eigenvalue weighted by Gasteiger charge is 2.15. The van der Waals surface area contributed by atoms with Crippen molar-refractivity contribution < 1.29 is 4.79 Å². The van der Waals surface area contributed by atoms with Crippen LogP contribution in [0.2, 0.25) is 0 Å². The van der Waals surface area contributed by atoms with E-state index >= 15 is 0 Å². The maximum absolute atomic E-state index is 11.9. The van der Waals surface area contributed by atoms with Crippen LogP contribution in [-0.4, -0.2) is 27.5 Å². The number of aryl methyl sites for hydroxylation is 1. The number of amides is 2. The number of anilines is 1. The average Bonchev–Trinajstić information content (AvgIpc) is 3.10. The average molecular weight is 389 g/mol. The van der Waals surface area contributed by atoms with Gasteiger partial charge < -0.3 is 5.32 Å². The monoisotopic (exact) mass is 389 g/mol. The number of aromatic nitrogens is 3. The quantitative estimate of drug-likeness (QED) is 0.522. The molecule has 3 heterocycles. The second-order valence-corrected chi connectivity index (χ2v) is 7.34. The summed E-state index contributed by atoms with van der Waals surface area (Å²) in [6, 6.07) is 11.8. The molecule has 28 heavy (non-hydrogen) atoms. The van der Waals surface area contributed by atoms with E-state index in [0.29, 0.717) is 11.7 Å². The third kappa shape index (κ3) is 3.70. The van der Waals surface area contributed by atoms with Crippen molar-refractivity contribution in [3.8, 4) is 22.4 Å². The molecule has 0 aliphatic carbocycles. The molecule has 140 valence electrons. The Kier molecular flexibility index (Phi) is 4.99. The first-order valence-corrected chi connectivity index (χ1v) is 9.78. The first kappa shape index (κ1) is 18.1. The lowest BCUT2D eigenvalue weighted by Gasteiger charge is -2.07. The van der Waals surface area contributed by atoms with Crippen LogP contribution >= 0.6 is 11.3 Å². The van der Waals surface area contributed by atoms with Crippen molar-refractivity contribution in [3.63, 3.8) is 0 Å². The standard InChI is InChI=1S/C21H19N5OS/c1-3-23-20(27)26-21-25-18-10-14(15-8-13(2)11-22-12-15)9-16(19(18)28-21)17-6-4-5-7-24-17/h4-12H,3H2,1-2H3,(H2,23,25,26,27). The molecule has 0 unspecified atom stereocenters. The number of thiazole rings is 1. The van der Waals surface area contributed by atoms with Gasteiger partial charge in [-0.05, 0) is 55.3 Å². The first-order chi connectivity index (χ1) is 13.6. The number of pyridine rings is 2. The van der Waals surface area contributed by atoms with Crippen molar-refractivity contribution in [1.82, 2.24) is 20.3 Å². The Morgan fingerprint density at radius 3 is 2.79 bits per heavy atom. The molecular formula is C21H19N5OS. The van der Waals surface area contributed by atoms with Gasteiger partial charge in [-0.2, -0.15) is 0 Å². The van der Waals surface area contributed by atoms with Gasteiger partial charge in [0.15, 0.2) is 5.13 Å². The van der Waals surface area contributed by atoms with Crippen LogP contribution in [0.5, 0.6) is 0 Å². The zero-order valence-corrected chi connectivity index (χ0v) is 16.4. The maximum Gasteiger partial charge on any atom is 0.321 e. The fraction of sp³-hybridized carbons (Fsp3) is 0.143. The topological polar surface area (TPSA) is 79.8 Å². The second kappa shape index (κ2) is 7.74. The predicted octanol–water partition coefficient (Wildman–Crippen LogP) is 4.87. The summed E-state index contributed by atoms with van der Waals surface area (Å²) in [5.74, 6) is 0. The lowest BCUT2D eigenvalue weighted by Crippen LogP contribution is -2.28. The van der Waals surface area contributed by atoms with E-state index in [1.807, 2.05) is 50.5 Å². The molecule has 3 aromatic heterocycles. The van der Waals surface area contributed by atoms with Gasteiger partial charge in [-0.3, -0.25) is 15.3 Å². The second-order valence-electron chi connectivity index (χ2n) is 6.34. The Balaban J connectivity index is 1.87. The number of carbonyl (C=O) groups excluding carboxylic acids is 1. The maximum atomic E-state index is 11.9. The Labute approximate surface area is 166 Å². The minimum absolute atomic E-state index is 0.260. The highest BCUT2D eigenvalue weighted by Crippen LogP contribution is 2.38. The van der Waals surface area contributed by atoms with Crippen LogP contribution in [0, 0.1) is 6.92 Å². The summed E-state index contributed by atoms with van der Waals surface area (Å²) < 4.78 is 0.981. The van der Waals surface area contributed by atoms with E-state index < -0.39 is 0 Å². The van der Waals surface area contributed by atoms with Crippen molar-refractivity contribution in [2.75, 3.05) is 11.9 Å². The number of hydrogen-bond donors (Lipinski definition) is 2. The lowest BCUT2D eigenvalue weighted by molar-refractivity contribution is 0.252. The number of hydrogen-bond acceptors (Lipinski definition) is 5. The number of nitrogens with zero attached hydrogens (tertiary/aromatic N) is 3. The third-order valence-electron chi connectivity index (χ3n) is 4.20. The van der Waals surface area contributed by atoms with Gasteiger partial charge in [-0.25, -0.2) is 9.78 Å². The predicted molar refractivity (Wildman–Crippen MR) is 114 cm³/mol. The third-order valence-corrected chi connectivity index (χ3v) is 5.22. The molecule has 0 radical (unpaired) electrons. The minimum atomic E-state index is -0.260. The van der Waals surface area contributed by atoms with Gasteiger partial charge in [0, 0.05) is 36.3 Å². The molecule has 0 fully saturated rings. The molecule has 0 spiro atoms. The number of carbonyl (C=O) groups is 1. The molecule has 6 nitrogen and oxygen atoms in total. The molecule has 0 saturated carbocycles. The van der Waals surface area contributed by atoms with Gasteiger partial charge in [0.05, 0.1) is 15.9 Å². The Bertz CT molecular complexity index is 1140. The van der Waals surface area contributed by atoms with Crippen LogP contribution in [-0.2, 0) is 0 Å². The summed E-state index contributed by atoms with van der Waals surface area (Å²) in [6.07, 6.45) is 5.45. The molecule has 0 aliphatic rings. The van der Waals surface area contributed by atoms with Crippen molar-refractivity contribution in [1.29, 1.82) is 0 Å². The van der Waals surface area contributed by atoms with E-state index in [9.17, 15) is 4.79 Å². The van der Waals surface area contributed by atoms with Gasteiger partial charge in [0.25, 0.3) is 0 Å². The smallest absolute Gasteiger partial charge is 0.321 e. The fourth-order valence-corrected chi connectivity index (χ4v) is 3.94. The molecule has 0 bridgehead atoms. The molecule has 4 rings (SSSR count). The Morgan fingerprint density at radius 1 is 1.14 bits per heavy atom. The molecule has 0 aliphatic heterocycles. The van der Waals surface area contributed by atoms with Crippen molar-refractivity contribution in [2.24, 2.45) is 0 Å². The number of nitrogens with one attached hydrogen (secondary N) is 2. The van der Waals surface area contributed by atoms with E-state index in [4.69, 9.17) is 0 Å². The summed E-state index contributed by atoms with van der Waals surface area (Å²) in [6.45, 7) is 4.45. The van der Waals surface area contributed by atoms with Crippen molar-refractivity contribution in [3.05, 3.63) is 60.6 Å². The van der Waals surface area contributed by atoms with Crippen LogP contribution in [0.1, 0.15) is 12.5 Å². The zero-order chi connectivity index (χ0) is 19.5. The van der Waals surface area contributed by atoms with Crippen molar-refractivity contribution in [2.45, 2.75) is 13.8 Å². The van der Waals surface area contributed by atoms with E-state index in [0.717, 1.165) is 38.2 Å². The van der Waals surface area contributed by atoms with Gasteiger partial charge in [0.1, 0.15) is 0 Å². The number of fused-ring (bicyclic) bond motifs is 1. The lowest BCUT2D eigenvalue weighted by atomic mass is 10.0. The van der Waals surface area contributed by atoms with Crippen LogP contribution in [0.15, 0.2) is 55.0 Å². The van der Waals surface area contributed by atoms with Crippen LogP contribution in [0.25, 0.3) is 32.6 Å². The summed E-state index contributed by atoms with van der Waals surface area (Å²) >= 11 is 1.44. The first-order valence-electron chi connectivity index (χ1n) is 8.97. The molecule has 1 aromatic carbocycles. The van der Waals surface area contributed by atoms with Crippen LogP contribution in [0.4, 0.5) is 9.93 Å². The van der Waals surface area contributed by atoms with E-state index in [1.165, 1.54) is 11.3 Å². The largest absolute Gasteiger partial charge is 0.338 e. The summed E-state index contributed by atoms with van der Waals surface area (Å²) in [7, 11) is 0. The Hall–Kier alpha value is -3.32. The summed E-state index contributed by atoms with van der Waals surface area (Å²) in [4.78, 5) is 25.3. The van der Waals surface area contributed by atoms with E-state index in [1.54, 1.807) is 6.20 Å². The molecular weight excluding hydrogens is 370 g/mol. The van der Waals surface area contributed by atoms with Gasteiger partial charge in [-0.1, -0.05) is 17.4 Å². The number of benzene rings is 1. The van der Waals surface area contributed by atoms with Crippen LogP contribution in [0.3, 0.4) is 0 Å². The van der Waals surface area contributed by atoms with Gasteiger partial charge >= 0.3 is 6.03 Å². The summed E-state index contributed by atoms with van der Waals surface area (Å²) in [5, 5.41) is 6.08. The Morgan fingerprint density at radius 2 is 2.04 bits per heavy atom. The molecule has 2 amide bonds. The van der Waals surface area contributed by atoms with E-state index in [2.05, 4.69) is 37.7 Å². The minimum Gasteiger partial charge on any atom is -0.338 e. The molecule has 0 atom stereocenters. The fourth-order valence-electron chi connectivity index (χ4n) is 2.98. The van der Waals surface area contributed by atoms with Gasteiger partial charge in [-0.15, -0.1) is 0 Å². The van der Waals surface area contributed by atoms with Gasteiger partial charge in [0.2, 0.25) is 0 Å². The van der Waals surface area contributed by atoms with E-state index in [-0.39, 0.29) is 6.03 Å². The highest BCUT2D eigenvalue weighted by atomic mass is 32.1. The molecule has 0 saturated heterocycles. The van der Waals surface area contributed by atoms with Crippen LogP contribution < -0.4 is 10.6 Å². The zero-order valence-electron chi connectivity index (χ0n) is 15.6. The molecule has 4 aromatic rings. The normalized spacial score (nSPS) is 10.8. The number of rotatable bonds is 4. The molecule has 2 N–H and O–H groups in total. The number of urea groups is 1. The molecule has 7 heteroatoms. The van der Waals surface area contributed by atoms with Crippen molar-refractivity contribution >= 4 is 32.7 Å².